The monoisotopic (exact) mass is 335 g/mol. The number of carbonyl (C=O) groups excluding carboxylic acids is 1. The molecule has 2 aliphatic heterocycles. The number of rotatable bonds is 3. The number of aliphatic imine (C=N–C) groups is 1. The van der Waals surface area contributed by atoms with Crippen LogP contribution in [0.2, 0.25) is 0 Å². The van der Waals surface area contributed by atoms with Gasteiger partial charge in [0.15, 0.2) is 5.54 Å². The molecule has 1 saturated heterocycles. The van der Waals surface area contributed by atoms with Crippen LogP contribution >= 0.6 is 11.8 Å². The maximum atomic E-state index is 13.4. The first-order chi connectivity index (χ1) is 10.9. The van der Waals surface area contributed by atoms with E-state index in [9.17, 15) is 14.3 Å². The number of hydrogen-bond donors (Lipinski definition) is 2. The highest BCUT2D eigenvalue weighted by Gasteiger charge is 2.52. The van der Waals surface area contributed by atoms with Crippen LogP contribution < -0.4 is 5.32 Å². The van der Waals surface area contributed by atoms with Crippen molar-refractivity contribution in [2.24, 2.45) is 4.99 Å². The van der Waals surface area contributed by atoms with Crippen molar-refractivity contribution in [1.82, 2.24) is 10.2 Å². The van der Waals surface area contributed by atoms with Crippen molar-refractivity contribution >= 4 is 28.7 Å². The molecule has 0 unspecified atom stereocenters. The van der Waals surface area contributed by atoms with E-state index in [1.165, 1.54) is 24.3 Å². The van der Waals surface area contributed by atoms with Crippen LogP contribution in [0.4, 0.5) is 4.39 Å². The number of ketones is 1. The molecule has 0 spiro atoms. The molecule has 2 aliphatic rings. The van der Waals surface area contributed by atoms with Crippen LogP contribution in [0.25, 0.3) is 6.08 Å². The Labute approximate surface area is 138 Å². The predicted octanol–water partition coefficient (Wildman–Crippen LogP) is 1.49. The summed E-state index contributed by atoms with van der Waals surface area (Å²) >= 11 is 1.60. The summed E-state index contributed by atoms with van der Waals surface area (Å²) in [6.45, 7) is 1.12. The summed E-state index contributed by atoms with van der Waals surface area (Å²) in [6.07, 6.45) is 1.49. The number of halogens is 1. The topological polar surface area (TPSA) is 64.9 Å². The van der Waals surface area contributed by atoms with E-state index in [0.29, 0.717) is 18.8 Å². The summed E-state index contributed by atoms with van der Waals surface area (Å²) < 4.78 is 13.4. The minimum Gasteiger partial charge on any atom is -0.507 e. The number of Topliss-reactive ketones (excluding diaryl/α,β-unsaturated/α-hetero) is 1. The summed E-state index contributed by atoms with van der Waals surface area (Å²) in [4.78, 5) is 19.4. The third-order valence-corrected chi connectivity index (χ3v) is 5.27. The molecule has 2 heterocycles. The van der Waals surface area contributed by atoms with Gasteiger partial charge in [-0.2, -0.15) is 0 Å². The summed E-state index contributed by atoms with van der Waals surface area (Å²) in [5, 5.41) is 13.7. The molecule has 0 radical (unpaired) electrons. The number of likely N-dealkylation sites (N-methyl/N-ethyl adjacent to an activating group) is 1. The Kier molecular flexibility index (Phi) is 4.16. The highest BCUT2D eigenvalue weighted by atomic mass is 32.2. The van der Waals surface area contributed by atoms with Gasteiger partial charge in [0.25, 0.3) is 0 Å². The fourth-order valence-corrected chi connectivity index (χ4v) is 3.97. The molecule has 5 nitrogen and oxygen atoms in total. The molecule has 23 heavy (non-hydrogen) atoms. The van der Waals surface area contributed by atoms with E-state index in [2.05, 4.69) is 10.3 Å². The standard InChI is InChI=1S/C16H18FN3O2S/c1-20(2)16(15-18-5-6-23-15)9-19-12(14(16)22)8-10-7-11(17)3-4-13(10)21/h3-4,7-8,19,21H,5-6,9H2,1-2H3/b12-8-/t16-/m1/s1. The van der Waals surface area contributed by atoms with Crippen molar-refractivity contribution in [2.45, 2.75) is 5.54 Å². The lowest BCUT2D eigenvalue weighted by Crippen LogP contribution is -2.56. The average Bonchev–Trinajstić information content (AvgIpc) is 3.13. The first-order valence-corrected chi connectivity index (χ1v) is 8.28. The molecule has 0 aromatic heterocycles. The minimum absolute atomic E-state index is 0.0663. The van der Waals surface area contributed by atoms with E-state index in [1.54, 1.807) is 11.8 Å². The zero-order valence-electron chi connectivity index (χ0n) is 13.0. The number of benzene rings is 1. The third-order valence-electron chi connectivity index (χ3n) is 4.15. The second-order valence-electron chi connectivity index (χ2n) is 5.73. The predicted molar refractivity (Wildman–Crippen MR) is 90.2 cm³/mol. The van der Waals surface area contributed by atoms with Gasteiger partial charge in [-0.05, 0) is 38.4 Å². The van der Waals surface area contributed by atoms with Gasteiger partial charge >= 0.3 is 0 Å². The van der Waals surface area contributed by atoms with Gasteiger partial charge < -0.3 is 10.4 Å². The van der Waals surface area contributed by atoms with Crippen molar-refractivity contribution in [3.05, 3.63) is 35.3 Å². The lowest BCUT2D eigenvalue weighted by molar-refractivity contribution is -0.120. The second kappa shape index (κ2) is 5.98. The second-order valence-corrected chi connectivity index (χ2v) is 6.82. The number of aromatic hydroxyl groups is 1. The van der Waals surface area contributed by atoms with Crippen molar-refractivity contribution in [1.29, 1.82) is 0 Å². The molecule has 1 aromatic carbocycles. The van der Waals surface area contributed by atoms with Crippen LogP contribution in [-0.4, -0.2) is 59.3 Å². The number of phenols is 1. The smallest absolute Gasteiger partial charge is 0.207 e. The Morgan fingerprint density at radius 2 is 2.26 bits per heavy atom. The zero-order chi connectivity index (χ0) is 16.6. The van der Waals surface area contributed by atoms with Crippen LogP contribution in [0, 0.1) is 5.82 Å². The highest BCUT2D eigenvalue weighted by Crippen LogP contribution is 2.33. The maximum absolute atomic E-state index is 13.4. The molecule has 2 N–H and O–H groups in total. The molecule has 122 valence electrons. The molecule has 3 rings (SSSR count). The van der Waals surface area contributed by atoms with Crippen molar-refractivity contribution in [2.75, 3.05) is 32.9 Å². The van der Waals surface area contributed by atoms with E-state index < -0.39 is 11.4 Å². The molecule has 0 aliphatic carbocycles. The summed E-state index contributed by atoms with van der Waals surface area (Å²) in [7, 11) is 3.70. The van der Waals surface area contributed by atoms with Gasteiger partial charge in [0.1, 0.15) is 11.6 Å². The molecule has 1 atom stereocenters. The molecule has 1 aromatic rings. The van der Waals surface area contributed by atoms with E-state index >= 15 is 0 Å². The molecule has 7 heteroatoms. The van der Waals surface area contributed by atoms with Crippen LogP contribution in [0.3, 0.4) is 0 Å². The quantitative estimate of drug-likeness (QED) is 0.820. The van der Waals surface area contributed by atoms with Crippen molar-refractivity contribution in [3.63, 3.8) is 0 Å². The van der Waals surface area contributed by atoms with Crippen LogP contribution in [0.5, 0.6) is 5.75 Å². The third kappa shape index (κ3) is 2.64. The normalized spacial score (nSPS) is 26.0. The van der Waals surface area contributed by atoms with Gasteiger partial charge in [0, 0.05) is 24.4 Å². The van der Waals surface area contributed by atoms with Gasteiger partial charge in [-0.3, -0.25) is 14.7 Å². The zero-order valence-corrected chi connectivity index (χ0v) is 13.8. The summed E-state index contributed by atoms with van der Waals surface area (Å²) in [6, 6.07) is 3.65. The number of nitrogens with zero attached hydrogens (tertiary/aromatic N) is 2. The fraction of sp³-hybridized carbons (Fsp3) is 0.375. The molecular formula is C16H18FN3O2S. The van der Waals surface area contributed by atoms with Gasteiger partial charge in [-0.15, -0.1) is 11.8 Å². The van der Waals surface area contributed by atoms with Crippen LogP contribution in [-0.2, 0) is 4.79 Å². The maximum Gasteiger partial charge on any atom is 0.207 e. The lowest BCUT2D eigenvalue weighted by Gasteiger charge is -2.32. The highest BCUT2D eigenvalue weighted by molar-refractivity contribution is 8.14. The molecule has 0 amide bonds. The van der Waals surface area contributed by atoms with E-state index in [1.807, 2.05) is 19.0 Å². The Hall–Kier alpha value is -1.86. The molecule has 1 fully saturated rings. The number of nitrogens with one attached hydrogen (secondary N) is 1. The number of hydrogen-bond acceptors (Lipinski definition) is 6. The summed E-state index contributed by atoms with van der Waals surface area (Å²) in [5.41, 5.74) is -0.193. The Morgan fingerprint density at radius 1 is 1.48 bits per heavy atom. The van der Waals surface area contributed by atoms with Gasteiger partial charge in [-0.25, -0.2) is 4.39 Å². The molecular weight excluding hydrogens is 317 g/mol. The summed E-state index contributed by atoms with van der Waals surface area (Å²) in [5.74, 6) is 0.236. The number of carbonyl (C=O) groups is 1. The Balaban J connectivity index is 2.00. The van der Waals surface area contributed by atoms with Crippen molar-refractivity contribution < 1.29 is 14.3 Å². The first kappa shape index (κ1) is 16.0. The Morgan fingerprint density at radius 3 is 2.91 bits per heavy atom. The number of phenolic OH excluding ortho intramolecular Hbond substituents is 1. The van der Waals surface area contributed by atoms with Crippen LogP contribution in [0.15, 0.2) is 28.9 Å². The SMILES string of the molecule is CN(C)[C@]1(C2=NCCS2)CN/C(=C\c2cc(F)ccc2O)C1=O. The first-order valence-electron chi connectivity index (χ1n) is 7.29. The van der Waals surface area contributed by atoms with Gasteiger partial charge in [-0.1, -0.05) is 0 Å². The van der Waals surface area contributed by atoms with Crippen molar-refractivity contribution in [3.8, 4) is 5.75 Å². The van der Waals surface area contributed by atoms with Crippen LogP contribution in [0.1, 0.15) is 5.56 Å². The largest absolute Gasteiger partial charge is 0.507 e. The number of thioether (sulfide) groups is 1. The van der Waals surface area contributed by atoms with Gasteiger partial charge in [0.2, 0.25) is 5.78 Å². The lowest BCUT2D eigenvalue weighted by atomic mass is 9.95. The minimum atomic E-state index is -0.823. The molecule has 0 saturated carbocycles. The van der Waals surface area contributed by atoms with Gasteiger partial charge in [0.05, 0.1) is 10.7 Å². The fourth-order valence-electron chi connectivity index (χ4n) is 2.83. The van der Waals surface area contributed by atoms with E-state index in [4.69, 9.17) is 0 Å². The Bertz CT molecular complexity index is 717. The molecule has 0 bridgehead atoms. The van der Waals surface area contributed by atoms with E-state index in [0.717, 1.165) is 10.8 Å². The van der Waals surface area contributed by atoms with E-state index in [-0.39, 0.29) is 17.1 Å². The average molecular weight is 335 g/mol.